The van der Waals surface area contributed by atoms with Gasteiger partial charge in [0.15, 0.2) is 0 Å². The smallest absolute Gasteiger partial charge is 0.322 e. The van der Waals surface area contributed by atoms with Gasteiger partial charge in [0.05, 0.1) is 4.11 Å². The van der Waals surface area contributed by atoms with E-state index in [1.807, 2.05) is 5.32 Å². The van der Waals surface area contributed by atoms with Crippen LogP contribution in [0.4, 0.5) is 8.78 Å². The summed E-state index contributed by atoms with van der Waals surface area (Å²) >= 11 is 5.69. The van der Waals surface area contributed by atoms with Crippen molar-refractivity contribution in [2.75, 3.05) is 0 Å². The number of alkyl halides is 2. The Balaban J connectivity index is 1.67. The van der Waals surface area contributed by atoms with E-state index in [0.29, 0.717) is 4.90 Å². The predicted molar refractivity (Wildman–Crippen MR) is 111 cm³/mol. The van der Waals surface area contributed by atoms with Gasteiger partial charge < -0.3 is 4.90 Å². The molecule has 3 amide bonds. The SMILES string of the molecule is [2H]c1c(C([2H])([2H])CC(=O)C(F)(F)c2ccc(Cl)cc2)ccc2c1C([2H])([2H])N(C1CCC(=O)NC1=O)C2=O. The molecule has 0 saturated carbocycles. The number of ketones is 1. The zero-order chi connectivity index (χ0) is 27.5. The van der Waals surface area contributed by atoms with E-state index in [0.717, 1.165) is 36.4 Å². The third-order valence-corrected chi connectivity index (χ3v) is 5.40. The molecule has 2 aliphatic rings. The van der Waals surface area contributed by atoms with Gasteiger partial charge in [-0.25, -0.2) is 0 Å². The summed E-state index contributed by atoms with van der Waals surface area (Å²) in [6, 6.07) is 4.04. The van der Waals surface area contributed by atoms with Crippen LogP contribution >= 0.6 is 11.6 Å². The maximum absolute atomic E-state index is 14.8. The number of rotatable bonds is 6. The molecule has 1 fully saturated rings. The summed E-state index contributed by atoms with van der Waals surface area (Å²) in [5.41, 5.74) is -2.13. The number of carbonyl (C=O) groups is 4. The van der Waals surface area contributed by atoms with Crippen LogP contribution in [0.3, 0.4) is 0 Å². The maximum Gasteiger partial charge on any atom is 0.330 e. The fourth-order valence-corrected chi connectivity index (χ4v) is 3.54. The van der Waals surface area contributed by atoms with Gasteiger partial charge in [0.25, 0.3) is 5.91 Å². The van der Waals surface area contributed by atoms with E-state index in [1.54, 1.807) is 0 Å². The monoisotopic (exact) mass is 465 g/mol. The van der Waals surface area contributed by atoms with Gasteiger partial charge in [-0.1, -0.05) is 35.8 Å². The molecule has 1 unspecified atom stereocenters. The number of nitrogens with one attached hydrogen (secondary N) is 1. The predicted octanol–water partition coefficient (Wildman–Crippen LogP) is 3.39. The standard InChI is InChI=1S/C23H19ClF2N2O4/c24-16-5-3-15(4-6-16)23(25,26)19(29)9-2-13-1-7-17-14(11-13)12-28(22(17)32)18-8-10-20(30)27-21(18)31/h1,3-7,11,18H,2,8-10,12H2,(H,27,30,31)/i2D2,11D,12D2. The number of piperidine rings is 1. The molecular formula is C23H19ClF2N2O4. The van der Waals surface area contributed by atoms with Crippen molar-refractivity contribution in [3.63, 3.8) is 0 Å². The van der Waals surface area contributed by atoms with E-state index in [9.17, 15) is 28.0 Å². The summed E-state index contributed by atoms with van der Waals surface area (Å²) in [7, 11) is 0. The van der Waals surface area contributed by atoms with Crippen molar-refractivity contribution in [1.29, 1.82) is 0 Å². The molecule has 4 rings (SSSR count). The first-order valence-corrected chi connectivity index (χ1v) is 9.96. The number of hydrogen-bond acceptors (Lipinski definition) is 4. The van der Waals surface area contributed by atoms with Crippen LogP contribution in [0.5, 0.6) is 0 Å². The quantitative estimate of drug-likeness (QED) is 0.663. The van der Waals surface area contributed by atoms with Gasteiger partial charge in [0.2, 0.25) is 17.6 Å². The number of fused-ring (bicyclic) bond motifs is 1. The summed E-state index contributed by atoms with van der Waals surface area (Å²) in [5.74, 6) is -8.25. The van der Waals surface area contributed by atoms with Crippen molar-refractivity contribution < 1.29 is 34.8 Å². The van der Waals surface area contributed by atoms with E-state index in [2.05, 4.69) is 0 Å². The van der Waals surface area contributed by atoms with Crippen LogP contribution in [0.15, 0.2) is 42.4 Å². The van der Waals surface area contributed by atoms with E-state index in [-0.39, 0.29) is 23.4 Å². The van der Waals surface area contributed by atoms with Gasteiger partial charge >= 0.3 is 5.92 Å². The highest BCUT2D eigenvalue weighted by molar-refractivity contribution is 6.30. The summed E-state index contributed by atoms with van der Waals surface area (Å²) in [4.78, 5) is 49.9. The summed E-state index contributed by atoms with van der Waals surface area (Å²) in [6.45, 7) is -2.75. The lowest BCUT2D eigenvalue weighted by Gasteiger charge is -2.29. The lowest BCUT2D eigenvalue weighted by atomic mass is 9.97. The summed E-state index contributed by atoms with van der Waals surface area (Å²) in [6.07, 6.45) is -4.47. The van der Waals surface area contributed by atoms with Crippen LogP contribution in [-0.2, 0) is 33.2 Å². The third-order valence-electron chi connectivity index (χ3n) is 5.15. The number of halogens is 3. The Labute approximate surface area is 194 Å². The van der Waals surface area contributed by atoms with E-state index in [1.165, 1.54) is 0 Å². The first-order valence-electron chi connectivity index (χ1n) is 12.1. The molecule has 2 aromatic rings. The minimum absolute atomic E-state index is 0.141. The third kappa shape index (κ3) is 4.14. The highest BCUT2D eigenvalue weighted by Crippen LogP contribution is 2.32. The molecule has 2 aromatic carbocycles. The van der Waals surface area contributed by atoms with Crippen LogP contribution in [0, 0.1) is 0 Å². The molecule has 1 saturated heterocycles. The second-order valence-corrected chi connectivity index (χ2v) is 7.71. The molecule has 0 bridgehead atoms. The first-order chi connectivity index (χ1) is 17.1. The highest BCUT2D eigenvalue weighted by Gasteiger charge is 2.41. The van der Waals surface area contributed by atoms with Gasteiger partial charge in [-0.2, -0.15) is 8.78 Å². The van der Waals surface area contributed by atoms with Gasteiger partial charge in [0, 0.05) is 38.2 Å². The molecular weight excluding hydrogens is 442 g/mol. The first kappa shape index (κ1) is 16.5. The normalized spacial score (nSPS) is 22.8. The fourth-order valence-electron chi connectivity index (χ4n) is 3.42. The minimum atomic E-state index is -4.07. The van der Waals surface area contributed by atoms with Crippen molar-refractivity contribution in [3.05, 3.63) is 69.7 Å². The highest BCUT2D eigenvalue weighted by atomic mass is 35.5. The van der Waals surface area contributed by atoms with Crippen LogP contribution < -0.4 is 5.32 Å². The number of aryl methyl sites for hydroxylation is 1. The van der Waals surface area contributed by atoms with Gasteiger partial charge in [-0.3, -0.25) is 24.5 Å². The molecule has 1 N–H and O–H groups in total. The fraction of sp³-hybridized carbons (Fsp3) is 0.304. The van der Waals surface area contributed by atoms with Crippen LogP contribution in [0.25, 0.3) is 0 Å². The molecule has 0 aromatic heterocycles. The molecule has 1 atom stereocenters. The molecule has 9 heteroatoms. The molecule has 166 valence electrons. The Bertz CT molecular complexity index is 1340. The molecule has 0 spiro atoms. The van der Waals surface area contributed by atoms with Crippen LogP contribution in [0.1, 0.15) is 53.2 Å². The zero-order valence-electron chi connectivity index (χ0n) is 21.4. The van der Waals surface area contributed by atoms with Crippen LogP contribution in [0.2, 0.25) is 5.02 Å². The topological polar surface area (TPSA) is 83.6 Å². The van der Waals surface area contributed by atoms with E-state index >= 15 is 0 Å². The molecule has 6 nitrogen and oxygen atoms in total. The minimum Gasteiger partial charge on any atom is -0.322 e. The van der Waals surface area contributed by atoms with Crippen molar-refractivity contribution in [1.82, 2.24) is 10.2 Å². The Kier molecular flexibility index (Phi) is 4.34. The summed E-state index contributed by atoms with van der Waals surface area (Å²) < 4.78 is 71.6. The van der Waals surface area contributed by atoms with Crippen molar-refractivity contribution in [3.8, 4) is 0 Å². The molecule has 0 aliphatic carbocycles. The number of hydrogen-bond donors (Lipinski definition) is 1. The molecule has 2 aliphatic heterocycles. The van der Waals surface area contributed by atoms with E-state index in [4.69, 9.17) is 18.5 Å². The van der Waals surface area contributed by atoms with Crippen LogP contribution in [-0.4, -0.2) is 34.4 Å². The molecule has 32 heavy (non-hydrogen) atoms. The van der Waals surface area contributed by atoms with Crippen molar-refractivity contribution in [2.45, 2.75) is 44.1 Å². The molecule has 0 radical (unpaired) electrons. The number of carbonyl (C=O) groups excluding carboxylic acids is 4. The number of imide groups is 1. The second kappa shape index (κ2) is 8.43. The average molecular weight is 466 g/mol. The van der Waals surface area contributed by atoms with Crippen molar-refractivity contribution in [2.24, 2.45) is 0 Å². The Morgan fingerprint density at radius 1 is 1.25 bits per heavy atom. The van der Waals surface area contributed by atoms with Gasteiger partial charge in [0.1, 0.15) is 6.04 Å². The second-order valence-electron chi connectivity index (χ2n) is 7.27. The largest absolute Gasteiger partial charge is 0.330 e. The lowest BCUT2D eigenvalue weighted by molar-refractivity contribution is -0.144. The lowest BCUT2D eigenvalue weighted by Crippen LogP contribution is -2.52. The maximum atomic E-state index is 14.8. The number of amides is 3. The Morgan fingerprint density at radius 3 is 2.66 bits per heavy atom. The van der Waals surface area contributed by atoms with E-state index < -0.39 is 77.5 Å². The zero-order valence-corrected chi connectivity index (χ0v) is 17.1. The number of nitrogens with zero attached hydrogens (tertiary/aromatic N) is 1. The van der Waals surface area contributed by atoms with Gasteiger partial charge in [-0.05, 0) is 42.1 Å². The molecule has 2 heterocycles. The number of benzene rings is 2. The summed E-state index contributed by atoms with van der Waals surface area (Å²) in [5, 5.41) is 2.19. The van der Waals surface area contributed by atoms with Crippen molar-refractivity contribution >= 4 is 35.1 Å². The Morgan fingerprint density at radius 2 is 1.97 bits per heavy atom. The Hall–Kier alpha value is -3.13. The average Bonchev–Trinajstić information content (AvgIpc) is 3.00. The van der Waals surface area contributed by atoms with Gasteiger partial charge in [-0.15, -0.1) is 0 Å². The number of Topliss-reactive ketones (excluding diaryl/α,β-unsaturated/α-hetero) is 1.